The Morgan fingerprint density at radius 3 is 2.20 bits per heavy atom. The van der Waals surface area contributed by atoms with Gasteiger partial charge in [-0.3, -0.25) is 0 Å². The second-order valence-electron chi connectivity index (χ2n) is 5.13. The van der Waals surface area contributed by atoms with E-state index in [2.05, 4.69) is 55.2 Å². The molecule has 0 aromatic heterocycles. The van der Waals surface area contributed by atoms with Crippen molar-refractivity contribution in [2.45, 2.75) is 32.6 Å². The molecule has 20 heavy (non-hydrogen) atoms. The first kappa shape index (κ1) is 14.4. The van der Waals surface area contributed by atoms with E-state index in [1.807, 2.05) is 18.2 Å². The SMILES string of the molecule is C=C(CCCCC)c1ccc(Nc2ccccc2)cc1. The van der Waals surface area contributed by atoms with Crippen LogP contribution in [0, 0.1) is 0 Å². The molecule has 0 spiro atoms. The quantitative estimate of drug-likeness (QED) is 0.603. The maximum absolute atomic E-state index is 4.19. The average Bonchev–Trinajstić information content (AvgIpc) is 2.49. The Labute approximate surface area is 122 Å². The van der Waals surface area contributed by atoms with Gasteiger partial charge >= 0.3 is 0 Å². The zero-order valence-electron chi connectivity index (χ0n) is 12.2. The fourth-order valence-electron chi connectivity index (χ4n) is 2.21. The molecule has 0 saturated heterocycles. The van der Waals surface area contributed by atoms with Crippen LogP contribution in [-0.4, -0.2) is 0 Å². The highest BCUT2D eigenvalue weighted by atomic mass is 14.9. The molecule has 0 fully saturated rings. The average molecular weight is 265 g/mol. The lowest BCUT2D eigenvalue weighted by molar-refractivity contribution is 0.736. The summed E-state index contributed by atoms with van der Waals surface area (Å²) in [4.78, 5) is 0. The Bertz CT molecular complexity index is 525. The third-order valence-corrected chi connectivity index (χ3v) is 3.44. The third kappa shape index (κ3) is 4.27. The number of nitrogens with one attached hydrogen (secondary N) is 1. The molecular formula is C19H23N. The van der Waals surface area contributed by atoms with Crippen molar-refractivity contribution in [2.75, 3.05) is 5.32 Å². The van der Waals surface area contributed by atoms with Gasteiger partial charge in [0.1, 0.15) is 0 Å². The number of hydrogen-bond donors (Lipinski definition) is 1. The van der Waals surface area contributed by atoms with E-state index in [-0.39, 0.29) is 0 Å². The van der Waals surface area contributed by atoms with Crippen molar-refractivity contribution >= 4 is 16.9 Å². The van der Waals surface area contributed by atoms with Gasteiger partial charge in [-0.15, -0.1) is 0 Å². The Morgan fingerprint density at radius 2 is 1.55 bits per heavy atom. The van der Waals surface area contributed by atoms with Crippen LogP contribution in [0.5, 0.6) is 0 Å². The van der Waals surface area contributed by atoms with Gasteiger partial charge in [-0.25, -0.2) is 0 Å². The maximum atomic E-state index is 4.19. The van der Waals surface area contributed by atoms with Crippen LogP contribution in [0.15, 0.2) is 61.2 Å². The fraction of sp³-hybridized carbons (Fsp3) is 0.263. The molecule has 0 saturated carbocycles. The van der Waals surface area contributed by atoms with Gasteiger partial charge < -0.3 is 5.32 Å². The molecule has 0 aliphatic heterocycles. The maximum Gasteiger partial charge on any atom is 0.0384 e. The molecule has 0 aliphatic rings. The minimum atomic E-state index is 1.10. The third-order valence-electron chi connectivity index (χ3n) is 3.44. The van der Waals surface area contributed by atoms with E-state index in [4.69, 9.17) is 0 Å². The van der Waals surface area contributed by atoms with E-state index >= 15 is 0 Å². The van der Waals surface area contributed by atoms with Crippen molar-refractivity contribution in [3.05, 3.63) is 66.7 Å². The van der Waals surface area contributed by atoms with Crippen molar-refractivity contribution in [2.24, 2.45) is 0 Å². The molecule has 2 rings (SSSR count). The molecule has 104 valence electrons. The van der Waals surface area contributed by atoms with E-state index in [0.717, 1.165) is 17.8 Å². The first-order chi connectivity index (χ1) is 9.79. The molecule has 0 heterocycles. The van der Waals surface area contributed by atoms with Gasteiger partial charge in [0.05, 0.1) is 0 Å². The molecular weight excluding hydrogens is 242 g/mol. The van der Waals surface area contributed by atoms with Gasteiger partial charge in [0.15, 0.2) is 0 Å². The van der Waals surface area contributed by atoms with Crippen LogP contribution in [0.4, 0.5) is 11.4 Å². The molecule has 2 aromatic carbocycles. The molecule has 1 N–H and O–H groups in total. The summed E-state index contributed by atoms with van der Waals surface area (Å²) in [6.45, 7) is 6.42. The standard InChI is InChI=1S/C19H23N/c1-3-4-6-9-16(2)17-12-14-19(15-13-17)20-18-10-7-5-8-11-18/h5,7-8,10-15,20H,2-4,6,9H2,1H3. The number of unbranched alkanes of at least 4 members (excludes halogenated alkanes) is 2. The van der Waals surface area contributed by atoms with Gasteiger partial charge in [-0.05, 0) is 48.2 Å². The minimum Gasteiger partial charge on any atom is -0.356 e. The molecule has 0 unspecified atom stereocenters. The minimum absolute atomic E-state index is 1.10. The first-order valence-corrected chi connectivity index (χ1v) is 7.40. The van der Waals surface area contributed by atoms with E-state index in [0.29, 0.717) is 0 Å². The van der Waals surface area contributed by atoms with Crippen LogP contribution in [0.1, 0.15) is 38.2 Å². The Hall–Kier alpha value is -2.02. The molecule has 0 atom stereocenters. The van der Waals surface area contributed by atoms with Crippen molar-refractivity contribution in [1.29, 1.82) is 0 Å². The largest absolute Gasteiger partial charge is 0.356 e. The molecule has 1 nitrogen and oxygen atoms in total. The summed E-state index contributed by atoms with van der Waals surface area (Å²) in [6.07, 6.45) is 4.87. The highest BCUT2D eigenvalue weighted by Gasteiger charge is 2.00. The van der Waals surface area contributed by atoms with Gasteiger partial charge in [0.2, 0.25) is 0 Å². The van der Waals surface area contributed by atoms with Gasteiger partial charge in [0, 0.05) is 11.4 Å². The van der Waals surface area contributed by atoms with Crippen LogP contribution < -0.4 is 5.32 Å². The van der Waals surface area contributed by atoms with E-state index in [1.54, 1.807) is 0 Å². The fourth-order valence-corrected chi connectivity index (χ4v) is 2.21. The predicted molar refractivity (Wildman–Crippen MR) is 89.3 cm³/mol. The monoisotopic (exact) mass is 265 g/mol. The normalized spacial score (nSPS) is 10.2. The van der Waals surface area contributed by atoms with Gasteiger partial charge in [-0.1, -0.05) is 56.7 Å². The molecule has 2 aromatic rings. The number of para-hydroxylation sites is 1. The summed E-state index contributed by atoms with van der Waals surface area (Å²) in [5, 5.41) is 3.39. The Balaban J connectivity index is 1.94. The van der Waals surface area contributed by atoms with Crippen LogP contribution in [0.2, 0.25) is 0 Å². The van der Waals surface area contributed by atoms with Crippen LogP contribution >= 0.6 is 0 Å². The lowest BCUT2D eigenvalue weighted by Gasteiger charge is -2.09. The van der Waals surface area contributed by atoms with Crippen LogP contribution in [-0.2, 0) is 0 Å². The predicted octanol–water partition coefficient (Wildman–Crippen LogP) is 6.02. The molecule has 0 amide bonds. The van der Waals surface area contributed by atoms with E-state index in [1.165, 1.54) is 30.4 Å². The summed E-state index contributed by atoms with van der Waals surface area (Å²) in [6, 6.07) is 18.8. The smallest absolute Gasteiger partial charge is 0.0384 e. The van der Waals surface area contributed by atoms with Gasteiger partial charge in [0.25, 0.3) is 0 Å². The summed E-state index contributed by atoms with van der Waals surface area (Å²) in [7, 11) is 0. The number of hydrogen-bond acceptors (Lipinski definition) is 1. The van der Waals surface area contributed by atoms with Crippen molar-refractivity contribution in [3.8, 4) is 0 Å². The number of anilines is 2. The summed E-state index contributed by atoms with van der Waals surface area (Å²) in [5.74, 6) is 0. The Morgan fingerprint density at radius 1 is 0.900 bits per heavy atom. The summed E-state index contributed by atoms with van der Waals surface area (Å²) in [5.41, 5.74) is 4.72. The summed E-state index contributed by atoms with van der Waals surface area (Å²) < 4.78 is 0. The van der Waals surface area contributed by atoms with E-state index in [9.17, 15) is 0 Å². The molecule has 1 heteroatoms. The van der Waals surface area contributed by atoms with Crippen molar-refractivity contribution in [1.82, 2.24) is 0 Å². The number of benzene rings is 2. The number of rotatable bonds is 7. The second kappa shape index (κ2) is 7.54. The lowest BCUT2D eigenvalue weighted by Crippen LogP contribution is -1.90. The molecule has 0 radical (unpaired) electrons. The zero-order valence-corrected chi connectivity index (χ0v) is 12.2. The highest BCUT2D eigenvalue weighted by molar-refractivity contribution is 5.67. The zero-order chi connectivity index (χ0) is 14.2. The molecule has 0 aliphatic carbocycles. The number of allylic oxidation sites excluding steroid dienone is 1. The second-order valence-corrected chi connectivity index (χ2v) is 5.13. The topological polar surface area (TPSA) is 12.0 Å². The highest BCUT2D eigenvalue weighted by Crippen LogP contribution is 2.22. The van der Waals surface area contributed by atoms with Crippen LogP contribution in [0.25, 0.3) is 5.57 Å². The van der Waals surface area contributed by atoms with Crippen LogP contribution in [0.3, 0.4) is 0 Å². The lowest BCUT2D eigenvalue weighted by atomic mass is 10.0. The molecule has 0 bridgehead atoms. The van der Waals surface area contributed by atoms with Crippen molar-refractivity contribution < 1.29 is 0 Å². The van der Waals surface area contributed by atoms with Gasteiger partial charge in [-0.2, -0.15) is 0 Å². The van der Waals surface area contributed by atoms with Crippen molar-refractivity contribution in [3.63, 3.8) is 0 Å². The van der Waals surface area contributed by atoms with E-state index < -0.39 is 0 Å². The Kier molecular flexibility index (Phi) is 5.43. The summed E-state index contributed by atoms with van der Waals surface area (Å²) >= 11 is 0. The first-order valence-electron chi connectivity index (χ1n) is 7.40.